The molecule has 0 unspecified atom stereocenters. The van der Waals surface area contributed by atoms with Crippen LogP contribution in [0.15, 0.2) is 158 Å². The van der Waals surface area contributed by atoms with Gasteiger partial charge in [-0.3, -0.25) is 0 Å². The van der Waals surface area contributed by atoms with Crippen molar-refractivity contribution in [1.29, 1.82) is 0 Å². The van der Waals surface area contributed by atoms with Crippen LogP contribution >= 0.6 is 0 Å². The van der Waals surface area contributed by atoms with Gasteiger partial charge in [-0.15, -0.1) is 0 Å². The van der Waals surface area contributed by atoms with E-state index >= 15 is 0 Å². The van der Waals surface area contributed by atoms with Crippen molar-refractivity contribution < 1.29 is 0 Å². The van der Waals surface area contributed by atoms with Gasteiger partial charge in [0.2, 0.25) is 0 Å². The summed E-state index contributed by atoms with van der Waals surface area (Å²) < 4.78 is 0. The van der Waals surface area contributed by atoms with E-state index in [9.17, 15) is 0 Å². The molecule has 0 aliphatic heterocycles. The van der Waals surface area contributed by atoms with Gasteiger partial charge in [-0.2, -0.15) is 0 Å². The van der Waals surface area contributed by atoms with Crippen molar-refractivity contribution in [3.05, 3.63) is 158 Å². The zero-order valence-corrected chi connectivity index (χ0v) is 21.5. The molecular formula is C38H27N. The Morgan fingerprint density at radius 2 is 0.718 bits per heavy atom. The number of fused-ring (bicyclic) bond motifs is 2. The Balaban J connectivity index is 1.15. The third-order valence-electron chi connectivity index (χ3n) is 7.48. The molecule has 0 saturated carbocycles. The summed E-state index contributed by atoms with van der Waals surface area (Å²) in [6, 6.07) is 56.3. The first-order chi connectivity index (χ1) is 19.3. The van der Waals surface area contributed by atoms with Crippen LogP contribution in [0.2, 0.25) is 0 Å². The fraction of sp³-hybridized carbons (Fsp3) is 0. The van der Waals surface area contributed by atoms with Gasteiger partial charge in [0.1, 0.15) is 0 Å². The van der Waals surface area contributed by atoms with Gasteiger partial charge in [0, 0.05) is 11.4 Å². The Morgan fingerprint density at radius 1 is 0.282 bits per heavy atom. The van der Waals surface area contributed by atoms with Crippen molar-refractivity contribution in [2.75, 3.05) is 5.32 Å². The van der Waals surface area contributed by atoms with Crippen molar-refractivity contribution in [2.45, 2.75) is 0 Å². The Bertz CT molecular complexity index is 1900. The van der Waals surface area contributed by atoms with Gasteiger partial charge in [-0.1, -0.05) is 133 Å². The summed E-state index contributed by atoms with van der Waals surface area (Å²) >= 11 is 0. The van der Waals surface area contributed by atoms with Gasteiger partial charge in [-0.25, -0.2) is 0 Å². The summed E-state index contributed by atoms with van der Waals surface area (Å²) in [6.07, 6.45) is 0. The van der Waals surface area contributed by atoms with E-state index in [1.807, 2.05) is 0 Å². The molecule has 1 N–H and O–H groups in total. The Hall–Kier alpha value is -5.14. The Labute approximate surface area is 229 Å². The predicted octanol–water partition coefficient (Wildman–Crippen LogP) is 10.7. The Morgan fingerprint density at radius 3 is 1.31 bits per heavy atom. The molecule has 0 spiro atoms. The monoisotopic (exact) mass is 497 g/mol. The fourth-order valence-electron chi connectivity index (χ4n) is 5.53. The summed E-state index contributed by atoms with van der Waals surface area (Å²) in [5.41, 5.74) is 9.59. The normalized spacial score (nSPS) is 11.1. The van der Waals surface area contributed by atoms with Crippen LogP contribution in [0.3, 0.4) is 0 Å². The van der Waals surface area contributed by atoms with E-state index in [4.69, 9.17) is 0 Å². The maximum atomic E-state index is 3.57. The summed E-state index contributed by atoms with van der Waals surface area (Å²) in [4.78, 5) is 0. The lowest BCUT2D eigenvalue weighted by Crippen LogP contribution is -1.91. The molecule has 0 saturated heterocycles. The van der Waals surface area contributed by atoms with E-state index in [0.29, 0.717) is 0 Å². The van der Waals surface area contributed by atoms with E-state index in [-0.39, 0.29) is 0 Å². The summed E-state index contributed by atoms with van der Waals surface area (Å²) in [6.45, 7) is 0. The number of anilines is 2. The number of rotatable bonds is 5. The van der Waals surface area contributed by atoms with E-state index in [1.54, 1.807) is 0 Å². The average molecular weight is 498 g/mol. The fourth-order valence-corrected chi connectivity index (χ4v) is 5.53. The maximum Gasteiger partial charge on any atom is 0.0384 e. The maximum absolute atomic E-state index is 3.57. The highest BCUT2D eigenvalue weighted by molar-refractivity contribution is 6.05. The van der Waals surface area contributed by atoms with Crippen molar-refractivity contribution >= 4 is 32.9 Å². The Kier molecular flexibility index (Phi) is 5.88. The van der Waals surface area contributed by atoms with Crippen LogP contribution in [-0.2, 0) is 0 Å². The third-order valence-corrected chi connectivity index (χ3v) is 7.48. The summed E-state index contributed by atoms with van der Waals surface area (Å²) in [7, 11) is 0. The highest BCUT2D eigenvalue weighted by Crippen LogP contribution is 2.36. The molecule has 0 aromatic heterocycles. The molecule has 0 aliphatic rings. The second-order valence-electron chi connectivity index (χ2n) is 9.88. The third kappa shape index (κ3) is 4.45. The number of benzene rings is 7. The van der Waals surface area contributed by atoms with Gasteiger partial charge in [-0.05, 0) is 79.2 Å². The smallest absolute Gasteiger partial charge is 0.0384 e. The predicted molar refractivity (Wildman–Crippen MR) is 167 cm³/mol. The van der Waals surface area contributed by atoms with E-state index in [1.165, 1.54) is 54.9 Å². The first-order valence-corrected chi connectivity index (χ1v) is 13.4. The lowest BCUT2D eigenvalue weighted by molar-refractivity contribution is 1.54. The van der Waals surface area contributed by atoms with Crippen molar-refractivity contribution in [3.63, 3.8) is 0 Å². The molecule has 39 heavy (non-hydrogen) atoms. The van der Waals surface area contributed by atoms with Crippen molar-refractivity contribution in [1.82, 2.24) is 0 Å². The average Bonchev–Trinajstić information content (AvgIpc) is 3.01. The van der Waals surface area contributed by atoms with Crippen molar-refractivity contribution in [2.24, 2.45) is 0 Å². The highest BCUT2D eigenvalue weighted by Gasteiger charge is 2.09. The molecule has 1 heteroatoms. The second kappa shape index (κ2) is 9.96. The molecule has 0 radical (unpaired) electrons. The van der Waals surface area contributed by atoms with Gasteiger partial charge in [0.25, 0.3) is 0 Å². The molecule has 7 rings (SSSR count). The SMILES string of the molecule is c1ccc(-c2ccc(-c3ccc(Nc4ccc(-c5cccc6ccccc56)cc4)cc3)c3ccccc23)cc1. The van der Waals surface area contributed by atoms with Crippen LogP contribution in [0.4, 0.5) is 11.4 Å². The van der Waals surface area contributed by atoms with Crippen LogP contribution in [0.25, 0.3) is 54.9 Å². The standard InChI is InChI=1S/C38H27N/c1-2-9-27(10-3-1)35-25-26-36(38-15-7-6-14-37(35)38)30-19-23-32(24-20-30)39-31-21-17-29(18-22-31)34-16-8-12-28-11-4-5-13-33(28)34/h1-26,39H. The van der Waals surface area contributed by atoms with Crippen molar-refractivity contribution in [3.8, 4) is 33.4 Å². The second-order valence-corrected chi connectivity index (χ2v) is 9.88. The zero-order chi connectivity index (χ0) is 26.0. The molecule has 0 amide bonds. The molecule has 0 bridgehead atoms. The quantitative estimate of drug-likeness (QED) is 0.249. The van der Waals surface area contributed by atoms with Gasteiger partial charge >= 0.3 is 0 Å². The largest absolute Gasteiger partial charge is 0.356 e. The molecule has 184 valence electrons. The minimum absolute atomic E-state index is 1.07. The molecular weight excluding hydrogens is 470 g/mol. The topological polar surface area (TPSA) is 12.0 Å². The van der Waals surface area contributed by atoms with Gasteiger partial charge in [0.05, 0.1) is 0 Å². The first-order valence-electron chi connectivity index (χ1n) is 13.4. The van der Waals surface area contributed by atoms with Crippen LogP contribution in [0.5, 0.6) is 0 Å². The van der Waals surface area contributed by atoms with Crippen LogP contribution in [0, 0.1) is 0 Å². The van der Waals surface area contributed by atoms with Crippen LogP contribution in [-0.4, -0.2) is 0 Å². The van der Waals surface area contributed by atoms with Gasteiger partial charge in [0.15, 0.2) is 0 Å². The molecule has 7 aromatic rings. The molecule has 0 aliphatic carbocycles. The summed E-state index contributed by atoms with van der Waals surface area (Å²) in [5, 5.41) is 8.65. The van der Waals surface area contributed by atoms with Crippen LogP contribution in [0.1, 0.15) is 0 Å². The lowest BCUT2D eigenvalue weighted by Gasteiger charge is -2.13. The highest BCUT2D eigenvalue weighted by atomic mass is 14.9. The lowest BCUT2D eigenvalue weighted by atomic mass is 9.92. The number of nitrogens with one attached hydrogen (secondary N) is 1. The molecule has 7 aromatic carbocycles. The summed E-state index contributed by atoms with van der Waals surface area (Å²) in [5.74, 6) is 0. The van der Waals surface area contributed by atoms with E-state index in [0.717, 1.165) is 11.4 Å². The minimum Gasteiger partial charge on any atom is -0.356 e. The molecule has 0 fully saturated rings. The molecule has 1 nitrogen and oxygen atoms in total. The molecule has 0 atom stereocenters. The van der Waals surface area contributed by atoms with Crippen LogP contribution < -0.4 is 5.32 Å². The first kappa shape index (κ1) is 23.0. The minimum atomic E-state index is 1.07. The zero-order valence-electron chi connectivity index (χ0n) is 21.5. The number of hydrogen-bond donors (Lipinski definition) is 1. The number of hydrogen-bond acceptors (Lipinski definition) is 1. The van der Waals surface area contributed by atoms with E-state index < -0.39 is 0 Å². The van der Waals surface area contributed by atoms with E-state index in [2.05, 4.69) is 163 Å². The van der Waals surface area contributed by atoms with Gasteiger partial charge < -0.3 is 5.32 Å². The molecule has 0 heterocycles.